The van der Waals surface area contributed by atoms with E-state index in [9.17, 15) is 9.18 Å². The van der Waals surface area contributed by atoms with Gasteiger partial charge in [-0.05, 0) is 61.4 Å². The molecule has 0 radical (unpaired) electrons. The summed E-state index contributed by atoms with van der Waals surface area (Å²) in [7, 11) is 0. The lowest BCUT2D eigenvalue weighted by Gasteiger charge is -2.11. The third-order valence-electron chi connectivity index (χ3n) is 3.51. The molecule has 0 aliphatic carbocycles. The van der Waals surface area contributed by atoms with Gasteiger partial charge in [0.15, 0.2) is 0 Å². The summed E-state index contributed by atoms with van der Waals surface area (Å²) >= 11 is 0. The Morgan fingerprint density at radius 3 is 2.18 bits per heavy atom. The molecule has 2 aromatic carbocycles. The Morgan fingerprint density at radius 1 is 1.00 bits per heavy atom. The average Bonchev–Trinajstić information content (AvgIpc) is 3.06. The summed E-state index contributed by atoms with van der Waals surface area (Å²) in [6.07, 6.45) is 1.37. The second-order valence-electron chi connectivity index (χ2n) is 5.20. The molecule has 0 saturated carbocycles. The maximum absolute atomic E-state index is 12.8. The van der Waals surface area contributed by atoms with Crippen LogP contribution in [0.2, 0.25) is 0 Å². The van der Waals surface area contributed by atoms with E-state index >= 15 is 0 Å². The summed E-state index contributed by atoms with van der Waals surface area (Å²) in [4.78, 5) is 11.9. The highest BCUT2D eigenvalue weighted by Gasteiger charge is 2.23. The predicted octanol–water partition coefficient (Wildman–Crippen LogP) is 3.69. The lowest BCUT2D eigenvalue weighted by molar-refractivity contribution is -0.124. The quantitative estimate of drug-likeness (QED) is 0.905. The third kappa shape index (κ3) is 3.62. The second kappa shape index (κ2) is 6.58. The van der Waals surface area contributed by atoms with Gasteiger partial charge in [-0.1, -0.05) is 0 Å². The second-order valence-corrected chi connectivity index (χ2v) is 5.20. The van der Waals surface area contributed by atoms with Crippen molar-refractivity contribution < 1.29 is 13.9 Å². The summed E-state index contributed by atoms with van der Waals surface area (Å²) in [5.74, 6) is -0.366. The minimum absolute atomic E-state index is 0.100. The van der Waals surface area contributed by atoms with Gasteiger partial charge >= 0.3 is 0 Å². The first-order valence-electron chi connectivity index (χ1n) is 7.26. The average molecular weight is 300 g/mol. The highest BCUT2D eigenvalue weighted by molar-refractivity contribution is 5.94. The number of ether oxygens (including phenoxy) is 1. The van der Waals surface area contributed by atoms with Crippen LogP contribution in [0.1, 0.15) is 12.8 Å². The molecule has 1 aliphatic rings. The topological polar surface area (TPSA) is 50.4 Å². The lowest BCUT2D eigenvalue weighted by atomic mass is 10.2. The number of carbonyl (C=O) groups excluding carboxylic acids is 1. The zero-order valence-corrected chi connectivity index (χ0v) is 12.0. The number of hydrogen-bond acceptors (Lipinski definition) is 3. The van der Waals surface area contributed by atoms with Crippen molar-refractivity contribution in [3.05, 3.63) is 54.3 Å². The number of rotatable bonds is 4. The Labute approximate surface area is 128 Å². The molecule has 1 heterocycles. The van der Waals surface area contributed by atoms with Crippen molar-refractivity contribution in [2.75, 3.05) is 17.2 Å². The molecule has 1 saturated heterocycles. The fourth-order valence-electron chi connectivity index (χ4n) is 2.34. The van der Waals surface area contributed by atoms with Gasteiger partial charge in [-0.15, -0.1) is 0 Å². The van der Waals surface area contributed by atoms with Crippen molar-refractivity contribution in [2.45, 2.75) is 18.9 Å². The highest BCUT2D eigenvalue weighted by Crippen LogP contribution is 2.20. The van der Waals surface area contributed by atoms with Gasteiger partial charge in [-0.2, -0.15) is 0 Å². The highest BCUT2D eigenvalue weighted by atomic mass is 19.1. The lowest BCUT2D eigenvalue weighted by Crippen LogP contribution is -2.26. The SMILES string of the molecule is O=C(Nc1ccc(Nc2ccc(F)cc2)cc1)C1CCCO1. The summed E-state index contributed by atoms with van der Waals surface area (Å²) in [6, 6.07) is 13.5. The van der Waals surface area contributed by atoms with Crippen LogP contribution in [0.3, 0.4) is 0 Å². The molecular formula is C17H17FN2O2. The first-order valence-corrected chi connectivity index (χ1v) is 7.26. The van der Waals surface area contributed by atoms with Crippen molar-refractivity contribution in [2.24, 2.45) is 0 Å². The molecule has 2 N–H and O–H groups in total. The van der Waals surface area contributed by atoms with E-state index in [0.29, 0.717) is 6.61 Å². The van der Waals surface area contributed by atoms with Crippen molar-refractivity contribution in [3.63, 3.8) is 0 Å². The van der Waals surface area contributed by atoms with Gasteiger partial charge < -0.3 is 15.4 Å². The fraction of sp³-hybridized carbons (Fsp3) is 0.235. The van der Waals surface area contributed by atoms with Crippen LogP contribution in [0.5, 0.6) is 0 Å². The van der Waals surface area contributed by atoms with Crippen LogP contribution in [-0.2, 0) is 9.53 Å². The standard InChI is InChI=1S/C17H17FN2O2/c18-12-3-5-13(6-4-12)19-14-7-9-15(10-8-14)20-17(21)16-2-1-11-22-16/h3-10,16,19H,1-2,11H2,(H,20,21). The van der Waals surface area contributed by atoms with Crippen molar-refractivity contribution in [1.29, 1.82) is 0 Å². The van der Waals surface area contributed by atoms with Gasteiger partial charge in [0.2, 0.25) is 0 Å². The molecule has 0 aromatic heterocycles. The smallest absolute Gasteiger partial charge is 0.253 e. The van der Waals surface area contributed by atoms with Crippen molar-refractivity contribution >= 4 is 23.0 Å². The molecular weight excluding hydrogens is 283 g/mol. The summed E-state index contributed by atoms with van der Waals surface area (Å²) in [6.45, 7) is 0.651. The number of carbonyl (C=O) groups is 1. The first-order chi connectivity index (χ1) is 10.7. The largest absolute Gasteiger partial charge is 0.368 e. The summed E-state index contributed by atoms with van der Waals surface area (Å²) in [5.41, 5.74) is 2.39. The maximum Gasteiger partial charge on any atom is 0.253 e. The number of benzene rings is 2. The molecule has 1 atom stereocenters. The van der Waals surface area contributed by atoms with Gasteiger partial charge in [-0.3, -0.25) is 4.79 Å². The molecule has 3 rings (SSSR count). The van der Waals surface area contributed by atoms with Gasteiger partial charge in [0.25, 0.3) is 5.91 Å². The van der Waals surface area contributed by atoms with Crippen LogP contribution in [0.4, 0.5) is 21.5 Å². The Hall–Kier alpha value is -2.40. The molecule has 1 amide bonds. The van der Waals surface area contributed by atoms with Crippen LogP contribution in [-0.4, -0.2) is 18.6 Å². The van der Waals surface area contributed by atoms with Gasteiger partial charge in [0.05, 0.1) is 0 Å². The van der Waals surface area contributed by atoms with Crippen LogP contribution in [0, 0.1) is 5.82 Å². The van der Waals surface area contributed by atoms with E-state index in [2.05, 4.69) is 10.6 Å². The van der Waals surface area contributed by atoms with E-state index < -0.39 is 0 Å². The molecule has 1 fully saturated rings. The molecule has 22 heavy (non-hydrogen) atoms. The zero-order valence-electron chi connectivity index (χ0n) is 12.0. The normalized spacial score (nSPS) is 17.2. The van der Waals surface area contributed by atoms with E-state index in [0.717, 1.165) is 29.9 Å². The Bertz CT molecular complexity index is 635. The molecule has 2 aromatic rings. The van der Waals surface area contributed by atoms with Gasteiger partial charge in [-0.25, -0.2) is 4.39 Å². The van der Waals surface area contributed by atoms with Crippen molar-refractivity contribution in [1.82, 2.24) is 0 Å². The molecule has 1 unspecified atom stereocenters. The van der Waals surface area contributed by atoms with Gasteiger partial charge in [0, 0.05) is 23.7 Å². The Kier molecular flexibility index (Phi) is 4.34. The van der Waals surface area contributed by atoms with Crippen LogP contribution >= 0.6 is 0 Å². The van der Waals surface area contributed by atoms with Gasteiger partial charge in [0.1, 0.15) is 11.9 Å². The number of anilines is 3. The number of nitrogens with one attached hydrogen (secondary N) is 2. The van der Waals surface area contributed by atoms with Crippen molar-refractivity contribution in [3.8, 4) is 0 Å². The Morgan fingerprint density at radius 2 is 1.59 bits per heavy atom. The van der Waals surface area contributed by atoms with E-state index in [-0.39, 0.29) is 17.8 Å². The minimum Gasteiger partial charge on any atom is -0.368 e. The molecule has 4 nitrogen and oxygen atoms in total. The fourth-order valence-corrected chi connectivity index (χ4v) is 2.34. The molecule has 0 bridgehead atoms. The monoisotopic (exact) mass is 300 g/mol. The minimum atomic E-state index is -0.336. The molecule has 114 valence electrons. The molecule has 5 heteroatoms. The van der Waals surface area contributed by atoms with E-state index in [4.69, 9.17) is 4.74 Å². The summed E-state index contributed by atoms with van der Waals surface area (Å²) in [5, 5.41) is 6.00. The first kappa shape index (κ1) is 14.5. The Balaban J connectivity index is 1.60. The van der Waals surface area contributed by atoms with E-state index in [1.807, 2.05) is 24.3 Å². The number of hydrogen-bond donors (Lipinski definition) is 2. The molecule has 0 spiro atoms. The van der Waals surface area contributed by atoms with Crippen LogP contribution in [0.15, 0.2) is 48.5 Å². The van der Waals surface area contributed by atoms with E-state index in [1.165, 1.54) is 12.1 Å². The van der Waals surface area contributed by atoms with E-state index in [1.54, 1.807) is 12.1 Å². The summed E-state index contributed by atoms with van der Waals surface area (Å²) < 4.78 is 18.2. The zero-order chi connectivity index (χ0) is 15.4. The number of amides is 1. The number of halogens is 1. The molecule has 1 aliphatic heterocycles. The van der Waals surface area contributed by atoms with Crippen LogP contribution < -0.4 is 10.6 Å². The predicted molar refractivity (Wildman–Crippen MR) is 83.7 cm³/mol. The van der Waals surface area contributed by atoms with Crippen LogP contribution in [0.25, 0.3) is 0 Å². The third-order valence-corrected chi connectivity index (χ3v) is 3.51. The maximum atomic E-state index is 12.8.